The summed E-state index contributed by atoms with van der Waals surface area (Å²) in [4.78, 5) is 15.2. The summed E-state index contributed by atoms with van der Waals surface area (Å²) in [5.74, 6) is 4.39. The maximum atomic E-state index is 11.1. The SMILES string of the molecule is CCNC1(C(=O)ON)CNC1. The van der Waals surface area contributed by atoms with E-state index < -0.39 is 11.5 Å². The Morgan fingerprint density at radius 3 is 2.73 bits per heavy atom. The van der Waals surface area contributed by atoms with Gasteiger partial charge in [0.05, 0.1) is 0 Å². The highest BCUT2D eigenvalue weighted by Gasteiger charge is 2.45. The van der Waals surface area contributed by atoms with Gasteiger partial charge < -0.3 is 10.2 Å². The topological polar surface area (TPSA) is 76.4 Å². The van der Waals surface area contributed by atoms with Crippen LogP contribution in [0.3, 0.4) is 0 Å². The molecule has 1 saturated heterocycles. The predicted molar refractivity (Wildman–Crippen MR) is 39.6 cm³/mol. The van der Waals surface area contributed by atoms with E-state index in [2.05, 4.69) is 15.5 Å². The second-order valence-electron chi connectivity index (χ2n) is 2.62. The summed E-state index contributed by atoms with van der Waals surface area (Å²) in [5.41, 5.74) is -0.566. The van der Waals surface area contributed by atoms with Crippen LogP contribution in [0, 0.1) is 0 Å². The van der Waals surface area contributed by atoms with Crippen LogP contribution in [0.5, 0.6) is 0 Å². The number of likely N-dealkylation sites (N-methyl/N-ethyl adjacent to an activating group) is 1. The Hall–Kier alpha value is -0.650. The van der Waals surface area contributed by atoms with Gasteiger partial charge >= 0.3 is 5.97 Å². The fourth-order valence-corrected chi connectivity index (χ4v) is 1.17. The standard InChI is InChI=1S/C6H13N3O2/c1-2-9-6(3-8-4-6)5(10)11-7/h8-9H,2-4,7H2,1H3. The number of rotatable bonds is 3. The molecule has 0 aromatic rings. The predicted octanol–water partition coefficient (Wildman–Crippen LogP) is -1.65. The zero-order chi connectivity index (χ0) is 8.32. The zero-order valence-corrected chi connectivity index (χ0v) is 6.52. The first-order valence-corrected chi connectivity index (χ1v) is 3.62. The molecule has 0 spiro atoms. The van der Waals surface area contributed by atoms with Crippen LogP contribution >= 0.6 is 0 Å². The van der Waals surface area contributed by atoms with Gasteiger partial charge in [-0.25, -0.2) is 4.79 Å². The van der Waals surface area contributed by atoms with E-state index in [0.29, 0.717) is 13.1 Å². The second kappa shape index (κ2) is 3.17. The van der Waals surface area contributed by atoms with Crippen molar-refractivity contribution in [3.05, 3.63) is 0 Å². The average Bonchev–Trinajstić information content (AvgIpc) is 1.95. The van der Waals surface area contributed by atoms with Crippen LogP contribution in [0.25, 0.3) is 0 Å². The van der Waals surface area contributed by atoms with Crippen molar-refractivity contribution in [2.24, 2.45) is 5.90 Å². The zero-order valence-electron chi connectivity index (χ0n) is 6.52. The maximum absolute atomic E-state index is 11.1. The van der Waals surface area contributed by atoms with E-state index in [9.17, 15) is 4.79 Å². The normalized spacial score (nSPS) is 20.5. The first kappa shape index (κ1) is 8.45. The molecule has 1 aliphatic heterocycles. The Labute approximate surface area is 65.2 Å². The molecule has 0 amide bonds. The minimum absolute atomic E-state index is 0.391. The molecule has 0 radical (unpaired) electrons. The first-order chi connectivity index (χ1) is 5.25. The molecule has 0 atom stereocenters. The molecule has 1 fully saturated rings. The lowest BCUT2D eigenvalue weighted by atomic mass is 9.93. The molecule has 0 aromatic heterocycles. The van der Waals surface area contributed by atoms with Gasteiger partial charge in [-0.2, -0.15) is 5.90 Å². The third-order valence-electron chi connectivity index (χ3n) is 1.87. The van der Waals surface area contributed by atoms with E-state index in [4.69, 9.17) is 5.90 Å². The molecule has 5 heteroatoms. The quantitative estimate of drug-likeness (QED) is 0.430. The summed E-state index contributed by atoms with van der Waals surface area (Å²) in [6, 6.07) is 0. The summed E-state index contributed by atoms with van der Waals surface area (Å²) in [6.07, 6.45) is 0. The summed E-state index contributed by atoms with van der Waals surface area (Å²) < 4.78 is 0. The van der Waals surface area contributed by atoms with Crippen molar-refractivity contribution in [3.63, 3.8) is 0 Å². The molecular weight excluding hydrogens is 146 g/mol. The van der Waals surface area contributed by atoms with E-state index in [1.54, 1.807) is 0 Å². The van der Waals surface area contributed by atoms with Gasteiger partial charge in [-0.3, -0.25) is 5.32 Å². The van der Waals surface area contributed by atoms with Crippen LogP contribution in [0.15, 0.2) is 0 Å². The summed E-state index contributed by atoms with van der Waals surface area (Å²) in [6.45, 7) is 3.86. The molecule has 0 unspecified atom stereocenters. The Bertz CT molecular complexity index is 156. The van der Waals surface area contributed by atoms with Crippen LogP contribution in [-0.4, -0.2) is 31.1 Å². The highest BCUT2D eigenvalue weighted by Crippen LogP contribution is 2.11. The summed E-state index contributed by atoms with van der Waals surface area (Å²) in [7, 11) is 0. The van der Waals surface area contributed by atoms with Gasteiger partial charge in [0.25, 0.3) is 0 Å². The van der Waals surface area contributed by atoms with Gasteiger partial charge in [0.1, 0.15) is 5.54 Å². The molecule has 1 aliphatic rings. The van der Waals surface area contributed by atoms with Crippen LogP contribution in [0.4, 0.5) is 0 Å². The molecule has 1 rings (SSSR count). The highest BCUT2D eigenvalue weighted by atomic mass is 16.7. The molecule has 11 heavy (non-hydrogen) atoms. The van der Waals surface area contributed by atoms with E-state index in [1.807, 2.05) is 6.92 Å². The molecule has 5 nitrogen and oxygen atoms in total. The third kappa shape index (κ3) is 1.35. The maximum Gasteiger partial charge on any atom is 0.347 e. The fourth-order valence-electron chi connectivity index (χ4n) is 1.17. The van der Waals surface area contributed by atoms with Crippen LogP contribution in [-0.2, 0) is 9.63 Å². The van der Waals surface area contributed by atoms with E-state index in [1.165, 1.54) is 0 Å². The number of hydrogen-bond donors (Lipinski definition) is 3. The lowest BCUT2D eigenvalue weighted by molar-refractivity contribution is -0.154. The van der Waals surface area contributed by atoms with Crippen molar-refractivity contribution >= 4 is 5.97 Å². The smallest absolute Gasteiger partial charge is 0.347 e. The largest absolute Gasteiger partial charge is 0.372 e. The van der Waals surface area contributed by atoms with Crippen molar-refractivity contribution in [2.75, 3.05) is 19.6 Å². The van der Waals surface area contributed by atoms with Gasteiger partial charge in [-0.05, 0) is 6.54 Å². The number of carbonyl (C=O) groups excluding carboxylic acids is 1. The monoisotopic (exact) mass is 159 g/mol. The van der Waals surface area contributed by atoms with Crippen molar-refractivity contribution in [1.82, 2.24) is 10.6 Å². The number of nitrogens with one attached hydrogen (secondary N) is 2. The lowest BCUT2D eigenvalue weighted by Gasteiger charge is -2.39. The Balaban J connectivity index is 2.52. The van der Waals surface area contributed by atoms with Crippen molar-refractivity contribution < 1.29 is 9.63 Å². The Kier molecular flexibility index (Phi) is 2.43. The third-order valence-corrected chi connectivity index (χ3v) is 1.87. The van der Waals surface area contributed by atoms with Gasteiger partial charge in [-0.15, -0.1) is 0 Å². The lowest BCUT2D eigenvalue weighted by Crippen LogP contribution is -2.72. The summed E-state index contributed by atoms with van der Waals surface area (Å²) >= 11 is 0. The number of hydrogen-bond acceptors (Lipinski definition) is 5. The van der Waals surface area contributed by atoms with E-state index in [0.717, 1.165) is 6.54 Å². The van der Waals surface area contributed by atoms with E-state index in [-0.39, 0.29) is 0 Å². The molecule has 0 aliphatic carbocycles. The van der Waals surface area contributed by atoms with Crippen molar-refractivity contribution in [2.45, 2.75) is 12.5 Å². The minimum atomic E-state index is -0.566. The molecule has 0 bridgehead atoms. The molecule has 0 aromatic carbocycles. The molecule has 4 N–H and O–H groups in total. The van der Waals surface area contributed by atoms with Gasteiger partial charge in [-0.1, -0.05) is 6.92 Å². The Morgan fingerprint density at radius 2 is 2.45 bits per heavy atom. The Morgan fingerprint density at radius 1 is 1.82 bits per heavy atom. The van der Waals surface area contributed by atoms with Gasteiger partial charge in [0.15, 0.2) is 0 Å². The first-order valence-electron chi connectivity index (χ1n) is 3.62. The second-order valence-corrected chi connectivity index (χ2v) is 2.62. The summed E-state index contributed by atoms with van der Waals surface area (Å²) in [5, 5.41) is 6.01. The molecule has 0 saturated carbocycles. The number of carbonyl (C=O) groups is 1. The van der Waals surface area contributed by atoms with Crippen molar-refractivity contribution in [1.29, 1.82) is 0 Å². The van der Waals surface area contributed by atoms with Gasteiger partial charge in [0.2, 0.25) is 0 Å². The van der Waals surface area contributed by atoms with Crippen LogP contribution in [0.1, 0.15) is 6.92 Å². The van der Waals surface area contributed by atoms with E-state index >= 15 is 0 Å². The molecule has 1 heterocycles. The van der Waals surface area contributed by atoms with Crippen LogP contribution in [0.2, 0.25) is 0 Å². The molecule has 64 valence electrons. The molecular formula is C6H13N3O2. The average molecular weight is 159 g/mol. The van der Waals surface area contributed by atoms with Crippen molar-refractivity contribution in [3.8, 4) is 0 Å². The highest BCUT2D eigenvalue weighted by molar-refractivity contribution is 5.82. The van der Waals surface area contributed by atoms with Gasteiger partial charge in [0, 0.05) is 13.1 Å². The van der Waals surface area contributed by atoms with Crippen LogP contribution < -0.4 is 16.5 Å². The number of nitrogens with two attached hydrogens (primary N) is 1. The minimum Gasteiger partial charge on any atom is -0.372 e. The fraction of sp³-hybridized carbons (Fsp3) is 0.833.